The van der Waals surface area contributed by atoms with Gasteiger partial charge in [-0.2, -0.15) is 10.4 Å². The number of carbonyl (C=O) groups excluding carboxylic acids is 1. The molecule has 0 bridgehead atoms. The van der Waals surface area contributed by atoms with Crippen LogP contribution in [0.1, 0.15) is 41.1 Å². The average Bonchev–Trinajstić information content (AvgIpc) is 3.49. The fraction of sp³-hybridized carbons (Fsp3) is 0.435. The predicted molar refractivity (Wildman–Crippen MR) is 126 cm³/mol. The van der Waals surface area contributed by atoms with Crippen LogP contribution in [0.3, 0.4) is 0 Å². The van der Waals surface area contributed by atoms with Crippen LogP contribution in [-0.4, -0.2) is 48.9 Å². The molecule has 9 nitrogen and oxygen atoms in total. The number of nitriles is 1. The molecule has 172 valence electrons. The van der Waals surface area contributed by atoms with E-state index in [1.54, 1.807) is 4.68 Å². The topological polar surface area (TPSA) is 111 Å². The van der Waals surface area contributed by atoms with Gasteiger partial charge in [0.2, 0.25) is 5.91 Å². The molecule has 0 aliphatic carbocycles. The van der Waals surface area contributed by atoms with Crippen LogP contribution in [0.15, 0.2) is 23.2 Å². The molecular formula is C23H27N7O2S. The number of amides is 1. The monoisotopic (exact) mass is 465 g/mol. The summed E-state index contributed by atoms with van der Waals surface area (Å²) < 4.78 is 9.50. The highest BCUT2D eigenvalue weighted by molar-refractivity contribution is 7.99. The third-order valence-corrected chi connectivity index (χ3v) is 6.73. The lowest BCUT2D eigenvalue weighted by molar-refractivity contribution is -0.113. The Hall–Kier alpha value is -3.16. The molecule has 0 spiro atoms. The van der Waals surface area contributed by atoms with Crippen LogP contribution in [-0.2, 0) is 16.1 Å². The van der Waals surface area contributed by atoms with Crippen molar-refractivity contribution in [2.45, 2.75) is 58.2 Å². The number of rotatable bonds is 7. The van der Waals surface area contributed by atoms with E-state index < -0.39 is 0 Å². The van der Waals surface area contributed by atoms with Crippen LogP contribution >= 0.6 is 11.8 Å². The van der Waals surface area contributed by atoms with Crippen LogP contribution < -0.4 is 5.32 Å². The summed E-state index contributed by atoms with van der Waals surface area (Å²) in [5.74, 6) is 1.12. The van der Waals surface area contributed by atoms with E-state index in [1.165, 1.54) is 11.8 Å². The number of aromatic nitrogens is 5. The molecule has 4 heterocycles. The van der Waals surface area contributed by atoms with E-state index in [0.29, 0.717) is 28.8 Å². The van der Waals surface area contributed by atoms with Gasteiger partial charge in [0.25, 0.3) is 0 Å². The van der Waals surface area contributed by atoms with Crippen LogP contribution in [0.4, 0.5) is 5.82 Å². The van der Waals surface area contributed by atoms with Gasteiger partial charge in [0.1, 0.15) is 16.9 Å². The summed E-state index contributed by atoms with van der Waals surface area (Å²) in [5.41, 5.74) is 4.24. The first-order chi connectivity index (χ1) is 15.9. The summed E-state index contributed by atoms with van der Waals surface area (Å²) in [4.78, 5) is 12.8. The Balaban J connectivity index is 1.43. The number of anilines is 1. The van der Waals surface area contributed by atoms with Gasteiger partial charge in [-0.3, -0.25) is 4.79 Å². The molecule has 1 aliphatic rings. The van der Waals surface area contributed by atoms with Crippen molar-refractivity contribution in [1.82, 2.24) is 24.5 Å². The molecule has 10 heteroatoms. The van der Waals surface area contributed by atoms with Crippen molar-refractivity contribution in [2.24, 2.45) is 0 Å². The van der Waals surface area contributed by atoms with Gasteiger partial charge in [0.05, 0.1) is 29.7 Å². The van der Waals surface area contributed by atoms with Gasteiger partial charge in [-0.05, 0) is 64.3 Å². The van der Waals surface area contributed by atoms with Crippen molar-refractivity contribution in [3.8, 4) is 11.9 Å². The lowest BCUT2D eigenvalue weighted by Gasteiger charge is -2.16. The Kier molecular flexibility index (Phi) is 6.81. The average molecular weight is 466 g/mol. The van der Waals surface area contributed by atoms with Crippen molar-refractivity contribution in [3.05, 3.63) is 46.4 Å². The number of carbonyl (C=O) groups is 1. The molecule has 1 saturated heterocycles. The van der Waals surface area contributed by atoms with Gasteiger partial charge >= 0.3 is 0 Å². The van der Waals surface area contributed by atoms with Gasteiger partial charge in [-0.1, -0.05) is 11.8 Å². The standard InChI is InChI=1S/C23H27N7O2S/c1-14-10-15(2)30(28-14)20-7-8-22(27-26-20)33-13-21(31)25-23-19(11-24)16(3)17(4)29(23)12-18-6-5-9-32-18/h7-8,10,18H,5-6,9,12-13H2,1-4H3,(H,25,31)/t18-/m0/s1. The molecule has 4 rings (SSSR count). The Morgan fingerprint density at radius 1 is 1.30 bits per heavy atom. The summed E-state index contributed by atoms with van der Waals surface area (Å²) in [6.45, 7) is 9.14. The lowest BCUT2D eigenvalue weighted by Crippen LogP contribution is -2.22. The van der Waals surface area contributed by atoms with E-state index in [9.17, 15) is 10.1 Å². The summed E-state index contributed by atoms with van der Waals surface area (Å²) in [6.07, 6.45) is 2.11. The van der Waals surface area contributed by atoms with E-state index in [0.717, 1.165) is 42.1 Å². The highest BCUT2D eigenvalue weighted by Crippen LogP contribution is 2.29. The van der Waals surface area contributed by atoms with Crippen LogP contribution in [0.5, 0.6) is 0 Å². The number of ether oxygens (including phenoxy) is 1. The van der Waals surface area contributed by atoms with Crippen LogP contribution in [0, 0.1) is 39.0 Å². The maximum absolute atomic E-state index is 12.8. The zero-order chi connectivity index (χ0) is 23.5. The Bertz CT molecular complexity index is 1200. The SMILES string of the molecule is Cc1cc(C)n(-c2ccc(SCC(=O)Nc3c(C#N)c(C)c(C)n3C[C@@H]3CCCO3)nn2)n1. The Morgan fingerprint density at radius 3 is 2.73 bits per heavy atom. The molecule has 3 aromatic heterocycles. The largest absolute Gasteiger partial charge is 0.376 e. The first-order valence-corrected chi connectivity index (χ1v) is 11.9. The summed E-state index contributed by atoms with van der Waals surface area (Å²) in [5, 5.41) is 26.1. The number of thioether (sulfide) groups is 1. The second kappa shape index (κ2) is 9.77. The molecule has 0 aromatic carbocycles. The number of nitrogens with zero attached hydrogens (tertiary/aromatic N) is 6. The first kappa shape index (κ1) is 23.0. The van der Waals surface area contributed by atoms with Gasteiger partial charge in [0.15, 0.2) is 5.82 Å². The van der Waals surface area contributed by atoms with E-state index in [4.69, 9.17) is 4.74 Å². The fourth-order valence-electron chi connectivity index (χ4n) is 4.02. The van der Waals surface area contributed by atoms with E-state index in [1.807, 2.05) is 50.5 Å². The van der Waals surface area contributed by atoms with E-state index in [2.05, 4.69) is 26.7 Å². The first-order valence-electron chi connectivity index (χ1n) is 10.9. The van der Waals surface area contributed by atoms with Gasteiger partial charge in [-0.15, -0.1) is 10.2 Å². The second-order valence-corrected chi connectivity index (χ2v) is 9.19. The minimum Gasteiger partial charge on any atom is -0.376 e. The van der Waals surface area contributed by atoms with E-state index >= 15 is 0 Å². The lowest BCUT2D eigenvalue weighted by atomic mass is 10.2. The molecule has 1 aliphatic heterocycles. The minimum atomic E-state index is -0.202. The quantitative estimate of drug-likeness (QED) is 0.532. The van der Waals surface area contributed by atoms with Crippen molar-refractivity contribution in [3.63, 3.8) is 0 Å². The van der Waals surface area contributed by atoms with Gasteiger partial charge in [0, 0.05) is 18.0 Å². The molecule has 1 N–H and O–H groups in total. The number of hydrogen-bond acceptors (Lipinski definition) is 7. The Labute approximate surface area is 197 Å². The Morgan fingerprint density at radius 2 is 2.12 bits per heavy atom. The van der Waals surface area contributed by atoms with Crippen molar-refractivity contribution < 1.29 is 9.53 Å². The highest BCUT2D eigenvalue weighted by atomic mass is 32.2. The third-order valence-electron chi connectivity index (χ3n) is 5.81. The maximum atomic E-state index is 12.8. The molecular weight excluding hydrogens is 438 g/mol. The summed E-state index contributed by atoms with van der Waals surface area (Å²) in [7, 11) is 0. The third kappa shape index (κ3) is 4.94. The maximum Gasteiger partial charge on any atom is 0.235 e. The van der Waals surface area contributed by atoms with Crippen molar-refractivity contribution in [2.75, 3.05) is 17.7 Å². The van der Waals surface area contributed by atoms with Crippen LogP contribution in [0.2, 0.25) is 0 Å². The zero-order valence-corrected chi connectivity index (χ0v) is 20.1. The second-order valence-electron chi connectivity index (χ2n) is 8.20. The van der Waals surface area contributed by atoms with Crippen molar-refractivity contribution in [1.29, 1.82) is 5.26 Å². The fourth-order valence-corrected chi connectivity index (χ4v) is 4.64. The molecule has 0 unspecified atom stereocenters. The molecule has 0 radical (unpaired) electrons. The number of hydrogen-bond donors (Lipinski definition) is 1. The summed E-state index contributed by atoms with van der Waals surface area (Å²) >= 11 is 1.29. The minimum absolute atomic E-state index is 0.100. The predicted octanol–water partition coefficient (Wildman–Crippen LogP) is 3.48. The number of nitrogens with one attached hydrogen (secondary N) is 1. The zero-order valence-electron chi connectivity index (χ0n) is 19.3. The van der Waals surface area contributed by atoms with Crippen molar-refractivity contribution >= 4 is 23.5 Å². The smallest absolute Gasteiger partial charge is 0.235 e. The van der Waals surface area contributed by atoms with Gasteiger partial charge < -0.3 is 14.6 Å². The van der Waals surface area contributed by atoms with Gasteiger partial charge in [-0.25, -0.2) is 4.68 Å². The molecule has 3 aromatic rings. The summed E-state index contributed by atoms with van der Waals surface area (Å²) in [6, 6.07) is 7.88. The molecule has 1 amide bonds. The molecule has 0 saturated carbocycles. The highest BCUT2D eigenvalue weighted by Gasteiger charge is 2.24. The number of aryl methyl sites for hydroxylation is 2. The molecule has 33 heavy (non-hydrogen) atoms. The molecule has 1 atom stereocenters. The van der Waals surface area contributed by atoms with E-state index in [-0.39, 0.29) is 17.8 Å². The molecule has 1 fully saturated rings. The normalized spacial score (nSPS) is 15.5. The van der Waals surface area contributed by atoms with Crippen LogP contribution in [0.25, 0.3) is 5.82 Å².